The topological polar surface area (TPSA) is 164 Å². The third-order valence-electron chi connectivity index (χ3n) is 14.5. The Morgan fingerprint density at radius 2 is 1.61 bits per heavy atom. The van der Waals surface area contributed by atoms with Crippen molar-refractivity contribution in [2.24, 2.45) is 29.6 Å². The standard InChI is InChI=1S/C53H79NO12/c1-10-25-63-45-31-38(21-23-44(45)64-32-43(56)40-17-13-12-14-18-40)29-36(6)48-35(5)20-22-42(55)39(11-2)27-33(3)26-34(4)28-46(61-8)49-47(62-9)30-37(7)53(60,66-49)50(57)51(58)54-24-16-15-19-41(54)52(59)65-48/h12-14,17-18,27,29,34-35,37-39,41,44-49,60H,10-11,15-16,19-26,28,30-32H2,1-9H3. The molecule has 1 aliphatic carbocycles. The number of ketones is 3. The minimum Gasteiger partial charge on any atom is -0.456 e. The van der Waals surface area contributed by atoms with Crippen molar-refractivity contribution in [3.05, 3.63) is 59.2 Å². The molecule has 1 amide bonds. The molecule has 0 aromatic heterocycles. The molecule has 5 rings (SSSR count). The summed E-state index contributed by atoms with van der Waals surface area (Å²) >= 11 is 0. The largest absolute Gasteiger partial charge is 0.456 e. The van der Waals surface area contributed by atoms with E-state index in [1.54, 1.807) is 33.3 Å². The van der Waals surface area contributed by atoms with Crippen molar-refractivity contribution in [1.29, 1.82) is 0 Å². The van der Waals surface area contributed by atoms with Gasteiger partial charge in [-0.2, -0.15) is 0 Å². The number of aliphatic hydroxyl groups is 1. The number of piperidine rings is 1. The number of amides is 1. The first kappa shape index (κ1) is 53.4. The highest BCUT2D eigenvalue weighted by Crippen LogP contribution is 2.39. The number of allylic oxidation sites excluding steroid dienone is 3. The van der Waals surface area contributed by atoms with Gasteiger partial charge in [-0.15, -0.1) is 0 Å². The number of hydrogen-bond donors (Lipinski definition) is 1. The first-order valence-electron chi connectivity index (χ1n) is 24.8. The molecule has 4 aliphatic rings. The van der Waals surface area contributed by atoms with Crippen LogP contribution in [0.2, 0.25) is 0 Å². The number of Topliss-reactive ketones (excluding diaryl/α,β-unsaturated/α-hetero) is 3. The first-order valence-corrected chi connectivity index (χ1v) is 24.8. The van der Waals surface area contributed by atoms with Gasteiger partial charge in [-0.1, -0.05) is 82.7 Å². The first-order chi connectivity index (χ1) is 31.5. The van der Waals surface area contributed by atoms with Crippen molar-refractivity contribution in [3.8, 4) is 0 Å². The molecule has 13 nitrogen and oxygen atoms in total. The fourth-order valence-corrected chi connectivity index (χ4v) is 10.7. The van der Waals surface area contributed by atoms with E-state index in [-0.39, 0.29) is 73.4 Å². The number of fused-ring (bicyclic) bond motifs is 3. The molecule has 1 N–H and O–H groups in total. The highest BCUT2D eigenvalue weighted by molar-refractivity contribution is 6.39. The summed E-state index contributed by atoms with van der Waals surface area (Å²) in [7, 11) is 3.11. The second-order valence-electron chi connectivity index (χ2n) is 19.7. The molecular weight excluding hydrogens is 843 g/mol. The van der Waals surface area contributed by atoms with Crippen LogP contribution in [0.4, 0.5) is 0 Å². The number of esters is 1. The molecule has 1 aromatic rings. The number of nitrogens with zero attached hydrogens (tertiary/aromatic N) is 1. The summed E-state index contributed by atoms with van der Waals surface area (Å²) in [4.78, 5) is 71.4. The maximum atomic E-state index is 14.5. The Morgan fingerprint density at radius 3 is 2.29 bits per heavy atom. The van der Waals surface area contributed by atoms with E-state index in [2.05, 4.69) is 26.0 Å². The van der Waals surface area contributed by atoms with Crippen LogP contribution < -0.4 is 0 Å². The summed E-state index contributed by atoms with van der Waals surface area (Å²) in [6, 6.07) is 8.04. The molecule has 13 unspecified atom stereocenters. The molecular formula is C53H79NO12. The minimum atomic E-state index is -2.48. The number of rotatable bonds is 12. The Labute approximate surface area is 393 Å². The average Bonchev–Trinajstić information content (AvgIpc) is 3.32. The van der Waals surface area contributed by atoms with Gasteiger partial charge >= 0.3 is 5.97 Å². The van der Waals surface area contributed by atoms with Crippen LogP contribution in [0.3, 0.4) is 0 Å². The Balaban J connectivity index is 1.44. The number of benzene rings is 1. The monoisotopic (exact) mass is 922 g/mol. The van der Waals surface area contributed by atoms with E-state index in [0.29, 0.717) is 70.0 Å². The highest BCUT2D eigenvalue weighted by atomic mass is 16.7. The van der Waals surface area contributed by atoms with Crippen LogP contribution in [0.5, 0.6) is 0 Å². The van der Waals surface area contributed by atoms with Gasteiger partial charge in [0.15, 0.2) is 5.78 Å². The second-order valence-corrected chi connectivity index (χ2v) is 19.7. The quantitative estimate of drug-likeness (QED) is 0.0927. The van der Waals surface area contributed by atoms with Gasteiger partial charge in [0.2, 0.25) is 5.79 Å². The molecule has 66 heavy (non-hydrogen) atoms. The molecule has 3 fully saturated rings. The van der Waals surface area contributed by atoms with Crippen molar-refractivity contribution in [3.63, 3.8) is 0 Å². The number of ether oxygens (including phenoxy) is 6. The molecule has 0 spiro atoms. The van der Waals surface area contributed by atoms with Crippen LogP contribution in [0.1, 0.15) is 142 Å². The van der Waals surface area contributed by atoms with Crippen LogP contribution in [0.25, 0.3) is 0 Å². The van der Waals surface area contributed by atoms with E-state index in [9.17, 15) is 29.1 Å². The van der Waals surface area contributed by atoms with Crippen molar-refractivity contribution < 1.29 is 57.5 Å². The molecule has 1 aromatic carbocycles. The van der Waals surface area contributed by atoms with Gasteiger partial charge in [0.05, 0.1) is 24.4 Å². The lowest BCUT2D eigenvalue weighted by Crippen LogP contribution is -2.64. The second kappa shape index (κ2) is 25.1. The lowest BCUT2D eigenvalue weighted by Gasteiger charge is -2.47. The molecule has 368 valence electrons. The lowest BCUT2D eigenvalue weighted by atomic mass is 9.82. The zero-order valence-corrected chi connectivity index (χ0v) is 41.2. The highest BCUT2D eigenvalue weighted by Gasteiger charge is 2.56. The number of cyclic esters (lactones) is 1. The van der Waals surface area contributed by atoms with Gasteiger partial charge in [0.1, 0.15) is 30.6 Å². The summed E-state index contributed by atoms with van der Waals surface area (Å²) in [6.07, 6.45) is 8.21. The molecule has 3 heterocycles. The molecule has 2 saturated heterocycles. The average molecular weight is 922 g/mol. The number of hydrogen-bond acceptors (Lipinski definition) is 12. The van der Waals surface area contributed by atoms with Gasteiger partial charge < -0.3 is 38.4 Å². The number of carbonyl (C=O) groups is 5. The number of carbonyl (C=O) groups excluding carboxylic acids is 5. The van der Waals surface area contributed by atoms with Crippen LogP contribution in [-0.2, 0) is 47.6 Å². The fourth-order valence-electron chi connectivity index (χ4n) is 10.7. The Hall–Kier alpha value is -3.59. The van der Waals surface area contributed by atoms with Gasteiger partial charge in [-0.25, -0.2) is 4.79 Å². The Bertz CT molecular complexity index is 1850. The molecule has 3 aliphatic heterocycles. The number of methoxy groups -OCH3 is 2. The third kappa shape index (κ3) is 13.6. The van der Waals surface area contributed by atoms with E-state index in [4.69, 9.17) is 28.4 Å². The summed E-state index contributed by atoms with van der Waals surface area (Å²) in [5.41, 5.74) is 2.50. The van der Waals surface area contributed by atoms with E-state index >= 15 is 0 Å². The Morgan fingerprint density at radius 1 is 0.894 bits per heavy atom. The lowest BCUT2D eigenvalue weighted by molar-refractivity contribution is -0.302. The van der Waals surface area contributed by atoms with Crippen LogP contribution >= 0.6 is 0 Å². The molecule has 13 heteroatoms. The van der Waals surface area contributed by atoms with Crippen molar-refractivity contribution in [1.82, 2.24) is 4.90 Å². The predicted octanol–water partition coefficient (Wildman–Crippen LogP) is 8.19. The normalized spacial score (nSPS) is 35.0. The molecule has 13 atom stereocenters. The van der Waals surface area contributed by atoms with Crippen LogP contribution in [-0.4, -0.2) is 122 Å². The van der Waals surface area contributed by atoms with E-state index in [1.165, 1.54) is 4.90 Å². The van der Waals surface area contributed by atoms with Crippen LogP contribution in [0.15, 0.2) is 53.6 Å². The van der Waals surface area contributed by atoms with Gasteiger partial charge in [-0.05, 0) is 114 Å². The smallest absolute Gasteiger partial charge is 0.329 e. The maximum absolute atomic E-state index is 14.5. The van der Waals surface area contributed by atoms with E-state index < -0.39 is 59.8 Å². The molecule has 2 bridgehead atoms. The van der Waals surface area contributed by atoms with E-state index in [1.807, 2.05) is 45.9 Å². The predicted molar refractivity (Wildman–Crippen MR) is 250 cm³/mol. The summed E-state index contributed by atoms with van der Waals surface area (Å²) in [5, 5.41) is 12.1. The third-order valence-corrected chi connectivity index (χ3v) is 14.5. The van der Waals surface area contributed by atoms with Crippen molar-refractivity contribution in [2.45, 2.75) is 180 Å². The van der Waals surface area contributed by atoms with E-state index in [0.717, 1.165) is 24.0 Å². The zero-order chi connectivity index (χ0) is 48.1. The maximum Gasteiger partial charge on any atom is 0.329 e. The molecule has 1 saturated carbocycles. The van der Waals surface area contributed by atoms with Gasteiger partial charge in [0, 0.05) is 51.2 Å². The summed E-state index contributed by atoms with van der Waals surface area (Å²) < 4.78 is 37.2. The Kier molecular flexibility index (Phi) is 20.3. The van der Waals surface area contributed by atoms with Gasteiger partial charge in [-0.3, -0.25) is 19.2 Å². The minimum absolute atomic E-state index is 0.0392. The van der Waals surface area contributed by atoms with Crippen molar-refractivity contribution in [2.75, 3.05) is 34.0 Å². The van der Waals surface area contributed by atoms with Gasteiger partial charge in [0.25, 0.3) is 11.7 Å². The van der Waals surface area contributed by atoms with Crippen LogP contribution in [0, 0.1) is 29.6 Å². The zero-order valence-electron chi connectivity index (χ0n) is 41.2. The van der Waals surface area contributed by atoms with Crippen molar-refractivity contribution >= 4 is 29.2 Å². The summed E-state index contributed by atoms with van der Waals surface area (Å²) in [6.45, 7) is 14.4. The fraction of sp³-hybridized carbons (Fsp3) is 0.717. The summed E-state index contributed by atoms with van der Waals surface area (Å²) in [5.74, 6) is -6.43. The molecule has 0 radical (unpaired) electrons. The SMILES string of the molecule is CCCOC1CC(C=C(C)C2OC(=O)C3CCCCN3C(=O)C(=O)C3(O)OC(C(OC)CC(C)CC(C)=CC(CC)C(=O)CCC2C)C(OC)CC3C)CCC1OCC(=O)c1ccccc1.